The first-order chi connectivity index (χ1) is 9.06. The molecule has 0 aliphatic carbocycles. The van der Waals surface area contributed by atoms with E-state index in [9.17, 15) is 9.59 Å². The molecule has 3 aliphatic heterocycles. The van der Waals surface area contributed by atoms with Crippen molar-refractivity contribution in [2.45, 2.75) is 18.9 Å². The van der Waals surface area contributed by atoms with E-state index in [4.69, 9.17) is 5.73 Å². The predicted molar refractivity (Wildman–Crippen MR) is 73.3 cm³/mol. The summed E-state index contributed by atoms with van der Waals surface area (Å²) in [5.74, 6) is 0.784. The minimum Gasteiger partial charge on any atom is -0.383 e. The first-order valence-electron chi connectivity index (χ1n) is 6.64. The summed E-state index contributed by atoms with van der Waals surface area (Å²) in [7, 11) is 1.55. The number of hydrogen-bond donors (Lipinski definition) is 3. The van der Waals surface area contributed by atoms with E-state index < -0.39 is 11.2 Å². The highest BCUT2D eigenvalue weighted by atomic mass is 16.2. The molecule has 0 saturated carbocycles. The summed E-state index contributed by atoms with van der Waals surface area (Å²) in [6, 6.07) is 0.239. The maximum absolute atomic E-state index is 11.9. The molecule has 1 aromatic rings. The van der Waals surface area contributed by atoms with E-state index >= 15 is 0 Å². The van der Waals surface area contributed by atoms with Crippen LogP contribution in [0.1, 0.15) is 12.8 Å². The van der Waals surface area contributed by atoms with Gasteiger partial charge < -0.3 is 16.0 Å². The van der Waals surface area contributed by atoms with Gasteiger partial charge in [-0.1, -0.05) is 0 Å². The van der Waals surface area contributed by atoms with Crippen LogP contribution < -0.4 is 22.3 Å². The lowest BCUT2D eigenvalue weighted by atomic mass is 9.84. The van der Waals surface area contributed by atoms with E-state index in [0.29, 0.717) is 11.6 Å². The molecule has 0 spiro atoms. The van der Waals surface area contributed by atoms with E-state index in [2.05, 4.69) is 15.2 Å². The van der Waals surface area contributed by atoms with Crippen LogP contribution in [0.2, 0.25) is 0 Å². The third-order valence-corrected chi connectivity index (χ3v) is 4.36. The molecule has 4 N–H and O–H groups in total. The minimum atomic E-state index is -0.484. The average molecular weight is 265 g/mol. The topological polar surface area (TPSA) is 96.2 Å². The molecular weight excluding hydrogens is 246 g/mol. The number of nitrogens with two attached hydrogens (primary N) is 1. The number of hydrogen-bond acceptors (Lipinski definition) is 5. The minimum absolute atomic E-state index is 0.199. The molecule has 3 fully saturated rings. The Bertz CT molecular complexity index is 597. The number of anilines is 2. The third kappa shape index (κ3) is 2.03. The number of fused-ring (bicyclic) bond motifs is 3. The third-order valence-electron chi connectivity index (χ3n) is 4.36. The first-order valence-corrected chi connectivity index (χ1v) is 6.64. The van der Waals surface area contributed by atoms with Crippen molar-refractivity contribution in [3.05, 3.63) is 20.8 Å². The van der Waals surface area contributed by atoms with Gasteiger partial charge in [-0.15, -0.1) is 0 Å². The summed E-state index contributed by atoms with van der Waals surface area (Å²) in [6.07, 6.45) is 2.31. The highest BCUT2D eigenvalue weighted by Gasteiger charge is 2.34. The summed E-state index contributed by atoms with van der Waals surface area (Å²) >= 11 is 0. The Kier molecular flexibility index (Phi) is 2.85. The second-order valence-corrected chi connectivity index (χ2v) is 5.47. The van der Waals surface area contributed by atoms with Gasteiger partial charge in [-0.25, -0.2) is 4.79 Å². The lowest BCUT2D eigenvalue weighted by Crippen LogP contribution is -2.54. The lowest BCUT2D eigenvalue weighted by Gasteiger charge is -2.45. The molecule has 4 heterocycles. The standard InChI is InChI=1S/C12H19N5O2/c1-16-10(13)9(11(18)15-12(16)19)14-8-6-17-4-2-7(8)3-5-17/h7-8,14H,2-6,13H2,1H3,(H,15,18,19). The number of H-pyrrole nitrogens is 1. The fourth-order valence-corrected chi connectivity index (χ4v) is 3.09. The first kappa shape index (κ1) is 12.3. The van der Waals surface area contributed by atoms with Crippen molar-refractivity contribution in [1.29, 1.82) is 0 Å². The van der Waals surface area contributed by atoms with Crippen molar-refractivity contribution in [2.75, 3.05) is 30.7 Å². The van der Waals surface area contributed by atoms with Crippen LogP contribution in [0.5, 0.6) is 0 Å². The van der Waals surface area contributed by atoms with Crippen LogP contribution in [-0.2, 0) is 7.05 Å². The Morgan fingerprint density at radius 1 is 1.32 bits per heavy atom. The molecular formula is C12H19N5O2. The zero-order chi connectivity index (χ0) is 13.6. The monoisotopic (exact) mass is 265 g/mol. The van der Waals surface area contributed by atoms with Gasteiger partial charge in [-0.3, -0.25) is 14.3 Å². The SMILES string of the molecule is Cn1c(N)c(NC2CN3CCC2CC3)c(=O)[nH]c1=O. The molecule has 0 radical (unpaired) electrons. The smallest absolute Gasteiger partial charge is 0.329 e. The van der Waals surface area contributed by atoms with Crippen LogP contribution in [0.15, 0.2) is 9.59 Å². The number of rotatable bonds is 2. The molecule has 104 valence electrons. The maximum atomic E-state index is 11.9. The quantitative estimate of drug-likeness (QED) is 0.648. The molecule has 4 rings (SSSR count). The average Bonchev–Trinajstić information content (AvgIpc) is 2.43. The summed E-state index contributed by atoms with van der Waals surface area (Å²) in [5.41, 5.74) is 5.27. The van der Waals surface area contributed by atoms with E-state index in [-0.39, 0.29) is 11.9 Å². The molecule has 7 heteroatoms. The van der Waals surface area contributed by atoms with Gasteiger partial charge in [0, 0.05) is 19.6 Å². The highest BCUT2D eigenvalue weighted by molar-refractivity contribution is 5.61. The van der Waals surface area contributed by atoms with E-state index in [1.165, 1.54) is 4.57 Å². The van der Waals surface area contributed by atoms with Crippen molar-refractivity contribution in [2.24, 2.45) is 13.0 Å². The predicted octanol–water partition coefficient (Wildman–Crippen LogP) is -0.838. The van der Waals surface area contributed by atoms with E-state index in [0.717, 1.165) is 32.5 Å². The molecule has 1 aromatic heterocycles. The number of aromatic nitrogens is 2. The van der Waals surface area contributed by atoms with Gasteiger partial charge in [0.15, 0.2) is 0 Å². The van der Waals surface area contributed by atoms with Crippen LogP contribution in [0, 0.1) is 5.92 Å². The highest BCUT2D eigenvalue weighted by Crippen LogP contribution is 2.29. The van der Waals surface area contributed by atoms with Crippen LogP contribution in [0.3, 0.4) is 0 Å². The van der Waals surface area contributed by atoms with Gasteiger partial charge >= 0.3 is 5.69 Å². The second-order valence-electron chi connectivity index (χ2n) is 5.47. The van der Waals surface area contributed by atoms with Gasteiger partial charge in [-0.2, -0.15) is 0 Å². The van der Waals surface area contributed by atoms with Crippen LogP contribution >= 0.6 is 0 Å². The number of piperidine rings is 3. The number of nitrogens with one attached hydrogen (secondary N) is 2. The molecule has 3 saturated heterocycles. The number of aromatic amines is 1. The van der Waals surface area contributed by atoms with Crippen molar-refractivity contribution in [3.8, 4) is 0 Å². The maximum Gasteiger partial charge on any atom is 0.329 e. The van der Waals surface area contributed by atoms with Gasteiger partial charge in [0.05, 0.1) is 0 Å². The van der Waals surface area contributed by atoms with E-state index in [1.807, 2.05) is 0 Å². The Balaban J connectivity index is 1.90. The van der Waals surface area contributed by atoms with Crippen molar-refractivity contribution < 1.29 is 0 Å². The molecule has 3 aliphatic rings. The summed E-state index contributed by atoms with van der Waals surface area (Å²) in [5, 5.41) is 3.25. The largest absolute Gasteiger partial charge is 0.383 e. The summed E-state index contributed by atoms with van der Waals surface area (Å²) in [6.45, 7) is 3.22. The Hall–Kier alpha value is -1.76. The fraction of sp³-hybridized carbons (Fsp3) is 0.667. The zero-order valence-corrected chi connectivity index (χ0v) is 11.0. The zero-order valence-electron chi connectivity index (χ0n) is 11.0. The summed E-state index contributed by atoms with van der Waals surface area (Å²) in [4.78, 5) is 28.0. The molecule has 1 unspecified atom stereocenters. The fourth-order valence-electron chi connectivity index (χ4n) is 3.09. The lowest BCUT2D eigenvalue weighted by molar-refractivity contribution is 0.0975. The van der Waals surface area contributed by atoms with Crippen LogP contribution in [0.25, 0.3) is 0 Å². The molecule has 0 aromatic carbocycles. The van der Waals surface area contributed by atoms with Crippen LogP contribution in [0.4, 0.5) is 11.5 Å². The summed E-state index contributed by atoms with van der Waals surface area (Å²) < 4.78 is 1.26. The molecule has 7 nitrogen and oxygen atoms in total. The van der Waals surface area contributed by atoms with Gasteiger partial charge in [0.1, 0.15) is 11.5 Å². The molecule has 0 amide bonds. The number of nitrogens with zero attached hydrogens (tertiary/aromatic N) is 2. The second kappa shape index (κ2) is 4.41. The van der Waals surface area contributed by atoms with Gasteiger partial charge in [0.25, 0.3) is 5.56 Å². The van der Waals surface area contributed by atoms with Crippen molar-refractivity contribution in [3.63, 3.8) is 0 Å². The Morgan fingerprint density at radius 3 is 2.58 bits per heavy atom. The van der Waals surface area contributed by atoms with Gasteiger partial charge in [-0.05, 0) is 31.8 Å². The molecule has 1 atom stereocenters. The van der Waals surface area contributed by atoms with Crippen molar-refractivity contribution >= 4 is 11.5 Å². The Morgan fingerprint density at radius 2 is 2.00 bits per heavy atom. The van der Waals surface area contributed by atoms with Crippen LogP contribution in [-0.4, -0.2) is 40.1 Å². The van der Waals surface area contributed by atoms with Crippen molar-refractivity contribution in [1.82, 2.24) is 14.5 Å². The normalized spacial score (nSPS) is 29.4. The molecule has 2 bridgehead atoms. The molecule has 19 heavy (non-hydrogen) atoms. The van der Waals surface area contributed by atoms with Gasteiger partial charge in [0.2, 0.25) is 0 Å². The number of nitrogen functional groups attached to an aromatic ring is 1. The van der Waals surface area contributed by atoms with E-state index in [1.54, 1.807) is 7.05 Å². The Labute approximate surface area is 110 Å².